The number of anilines is 1. The molecule has 1 unspecified atom stereocenters. The third-order valence-electron chi connectivity index (χ3n) is 5.02. The molecule has 3 aromatic rings. The number of aromatic nitrogens is 4. The highest BCUT2D eigenvalue weighted by Crippen LogP contribution is 2.25. The molecule has 1 fully saturated rings. The molecule has 6 nitrogen and oxygen atoms in total. The molecule has 0 saturated carbocycles. The van der Waals surface area contributed by atoms with Crippen LogP contribution in [0.1, 0.15) is 30.6 Å². The Morgan fingerprint density at radius 1 is 1.07 bits per heavy atom. The Balaban J connectivity index is 1.51. The fourth-order valence-electron chi connectivity index (χ4n) is 3.37. The second kappa shape index (κ2) is 8.10. The number of rotatable bonds is 5. The van der Waals surface area contributed by atoms with Gasteiger partial charge in [-0.1, -0.05) is 13.0 Å². The molecular weight excluding hydrogens is 356 g/mol. The van der Waals surface area contributed by atoms with Crippen molar-refractivity contribution < 1.29 is 0 Å². The van der Waals surface area contributed by atoms with Gasteiger partial charge >= 0.3 is 0 Å². The summed E-state index contributed by atoms with van der Waals surface area (Å²) in [7, 11) is 0. The van der Waals surface area contributed by atoms with Gasteiger partial charge in [0.1, 0.15) is 16.5 Å². The minimum atomic E-state index is 0.368. The molecule has 1 atom stereocenters. The highest BCUT2D eigenvalue weighted by Gasteiger charge is 2.24. The van der Waals surface area contributed by atoms with Crippen molar-refractivity contribution in [1.82, 2.24) is 24.8 Å². The van der Waals surface area contributed by atoms with Crippen LogP contribution in [0.5, 0.6) is 0 Å². The van der Waals surface area contributed by atoms with Crippen molar-refractivity contribution >= 4 is 17.2 Å². The van der Waals surface area contributed by atoms with Gasteiger partial charge in [0.25, 0.3) is 0 Å². The van der Waals surface area contributed by atoms with E-state index in [2.05, 4.69) is 44.7 Å². The lowest BCUT2D eigenvalue weighted by Crippen LogP contribution is -2.47. The first-order valence-corrected chi connectivity index (χ1v) is 10.3. The summed E-state index contributed by atoms with van der Waals surface area (Å²) < 4.78 is 0. The van der Waals surface area contributed by atoms with Gasteiger partial charge in [-0.05, 0) is 25.5 Å². The Labute approximate surface area is 163 Å². The molecule has 0 amide bonds. The lowest BCUT2D eigenvalue weighted by molar-refractivity contribution is 0.198. The average molecular weight is 381 g/mol. The quantitative estimate of drug-likeness (QED) is 0.676. The Morgan fingerprint density at radius 3 is 2.59 bits per heavy atom. The molecular formula is C20H24N6S. The first kappa shape index (κ1) is 18.0. The third kappa shape index (κ3) is 3.99. The molecule has 140 valence electrons. The second-order valence-electron chi connectivity index (χ2n) is 6.68. The Morgan fingerprint density at radius 2 is 1.93 bits per heavy atom. The summed E-state index contributed by atoms with van der Waals surface area (Å²) in [4.78, 5) is 23.2. The molecule has 3 aromatic heterocycles. The zero-order valence-electron chi connectivity index (χ0n) is 15.7. The van der Waals surface area contributed by atoms with E-state index in [9.17, 15) is 0 Å². The predicted octanol–water partition coefficient (Wildman–Crippen LogP) is 3.44. The van der Waals surface area contributed by atoms with Crippen LogP contribution in [0.2, 0.25) is 0 Å². The maximum Gasteiger partial charge on any atom is 0.180 e. The topological polar surface area (TPSA) is 58.0 Å². The number of aryl methyl sites for hydroxylation is 1. The van der Waals surface area contributed by atoms with E-state index >= 15 is 0 Å². The van der Waals surface area contributed by atoms with Crippen molar-refractivity contribution in [1.29, 1.82) is 0 Å². The molecule has 1 aliphatic heterocycles. The first-order valence-electron chi connectivity index (χ1n) is 9.42. The summed E-state index contributed by atoms with van der Waals surface area (Å²) in [5.41, 5.74) is 1.88. The van der Waals surface area contributed by atoms with E-state index in [1.807, 2.05) is 29.8 Å². The molecule has 4 rings (SSSR count). The van der Waals surface area contributed by atoms with Gasteiger partial charge in [0.15, 0.2) is 5.82 Å². The van der Waals surface area contributed by atoms with E-state index in [-0.39, 0.29) is 0 Å². The largest absolute Gasteiger partial charge is 0.354 e. The van der Waals surface area contributed by atoms with Gasteiger partial charge in [0, 0.05) is 55.7 Å². The average Bonchev–Trinajstić information content (AvgIpc) is 3.28. The standard InChI is InChI=1S/C20H24N6S/c1-3-16-14-18(24-19(23-16)17-6-4-5-7-21-17)26-11-9-25(10-12-26)15(2)20-22-8-13-27-20/h4-8,13-15H,3,9-12H2,1-2H3. The zero-order chi connectivity index (χ0) is 18.6. The smallest absolute Gasteiger partial charge is 0.180 e. The molecule has 0 aliphatic carbocycles. The van der Waals surface area contributed by atoms with Crippen LogP contribution in [0, 0.1) is 0 Å². The van der Waals surface area contributed by atoms with Crippen molar-refractivity contribution in [2.75, 3.05) is 31.1 Å². The van der Waals surface area contributed by atoms with Gasteiger partial charge in [-0.15, -0.1) is 11.3 Å². The van der Waals surface area contributed by atoms with Crippen LogP contribution in [0.4, 0.5) is 5.82 Å². The van der Waals surface area contributed by atoms with Crippen molar-refractivity contribution in [3.05, 3.63) is 52.7 Å². The molecule has 0 aromatic carbocycles. The molecule has 27 heavy (non-hydrogen) atoms. The van der Waals surface area contributed by atoms with Crippen LogP contribution in [-0.4, -0.2) is 51.0 Å². The van der Waals surface area contributed by atoms with Crippen molar-refractivity contribution in [3.63, 3.8) is 0 Å². The van der Waals surface area contributed by atoms with Gasteiger partial charge in [0.05, 0.1) is 6.04 Å². The minimum absolute atomic E-state index is 0.368. The summed E-state index contributed by atoms with van der Waals surface area (Å²) in [5.74, 6) is 1.72. The van der Waals surface area contributed by atoms with Crippen molar-refractivity contribution in [3.8, 4) is 11.5 Å². The van der Waals surface area contributed by atoms with Crippen LogP contribution in [0.15, 0.2) is 42.0 Å². The number of piperazine rings is 1. The van der Waals surface area contributed by atoms with E-state index in [1.54, 1.807) is 17.5 Å². The first-order chi connectivity index (χ1) is 13.2. The molecule has 0 radical (unpaired) electrons. The number of hydrogen-bond acceptors (Lipinski definition) is 7. The lowest BCUT2D eigenvalue weighted by atomic mass is 10.2. The van der Waals surface area contributed by atoms with Crippen molar-refractivity contribution in [2.24, 2.45) is 0 Å². The number of hydrogen-bond donors (Lipinski definition) is 0. The van der Waals surface area contributed by atoms with Crippen molar-refractivity contribution in [2.45, 2.75) is 26.3 Å². The summed E-state index contributed by atoms with van der Waals surface area (Å²) in [6.07, 6.45) is 4.56. The zero-order valence-corrected chi connectivity index (χ0v) is 16.6. The lowest BCUT2D eigenvalue weighted by Gasteiger charge is -2.38. The van der Waals surface area contributed by atoms with Gasteiger partial charge in [-0.25, -0.2) is 15.0 Å². The summed E-state index contributed by atoms with van der Waals surface area (Å²) >= 11 is 1.73. The normalized spacial score (nSPS) is 16.4. The van der Waals surface area contributed by atoms with E-state index in [0.717, 1.165) is 49.8 Å². The maximum absolute atomic E-state index is 4.82. The van der Waals surface area contributed by atoms with Gasteiger partial charge in [-0.3, -0.25) is 9.88 Å². The molecule has 0 spiro atoms. The minimum Gasteiger partial charge on any atom is -0.354 e. The Hall–Kier alpha value is -2.38. The summed E-state index contributed by atoms with van der Waals surface area (Å²) in [6.45, 7) is 8.29. The van der Waals surface area contributed by atoms with Gasteiger partial charge in [0.2, 0.25) is 0 Å². The monoisotopic (exact) mass is 380 g/mol. The predicted molar refractivity (Wildman–Crippen MR) is 109 cm³/mol. The van der Waals surface area contributed by atoms with Crippen LogP contribution in [0.3, 0.4) is 0 Å². The SMILES string of the molecule is CCc1cc(N2CCN(C(C)c3nccs3)CC2)nc(-c2ccccn2)n1. The molecule has 1 saturated heterocycles. The molecule has 1 aliphatic rings. The highest BCUT2D eigenvalue weighted by molar-refractivity contribution is 7.09. The second-order valence-corrected chi connectivity index (χ2v) is 7.61. The van der Waals surface area contributed by atoms with E-state index in [1.165, 1.54) is 5.01 Å². The fraction of sp³-hybridized carbons (Fsp3) is 0.400. The molecule has 0 N–H and O–H groups in total. The third-order valence-corrected chi connectivity index (χ3v) is 5.96. The number of pyridine rings is 1. The molecule has 4 heterocycles. The van der Waals surface area contributed by atoms with E-state index < -0.39 is 0 Å². The number of thiazole rings is 1. The number of nitrogens with zero attached hydrogens (tertiary/aromatic N) is 6. The fourth-order valence-corrected chi connectivity index (χ4v) is 4.10. The van der Waals surface area contributed by atoms with Crippen LogP contribution in [0.25, 0.3) is 11.5 Å². The molecule has 7 heteroatoms. The molecule has 0 bridgehead atoms. The van der Waals surface area contributed by atoms with E-state index in [4.69, 9.17) is 4.98 Å². The van der Waals surface area contributed by atoms with E-state index in [0.29, 0.717) is 11.9 Å². The maximum atomic E-state index is 4.82. The summed E-state index contributed by atoms with van der Waals surface area (Å²) in [6, 6.07) is 8.34. The van der Waals surface area contributed by atoms with Gasteiger partial charge < -0.3 is 4.90 Å². The Bertz CT molecular complexity index is 859. The highest BCUT2D eigenvalue weighted by atomic mass is 32.1. The Kier molecular flexibility index (Phi) is 5.40. The van der Waals surface area contributed by atoms with Crippen LogP contribution < -0.4 is 4.90 Å². The van der Waals surface area contributed by atoms with Crippen LogP contribution in [-0.2, 0) is 6.42 Å². The van der Waals surface area contributed by atoms with Crippen LogP contribution >= 0.6 is 11.3 Å². The van der Waals surface area contributed by atoms with Gasteiger partial charge in [-0.2, -0.15) is 0 Å². The summed E-state index contributed by atoms with van der Waals surface area (Å²) in [5, 5.41) is 3.24.